The average molecular weight is 525 g/mol. The van der Waals surface area contributed by atoms with Gasteiger partial charge in [-0.15, -0.1) is 0 Å². The van der Waals surface area contributed by atoms with Crippen LogP contribution >= 0.6 is 0 Å². The first-order chi connectivity index (χ1) is 18.0. The zero-order valence-corrected chi connectivity index (χ0v) is 23.6. The van der Waals surface area contributed by atoms with Crippen LogP contribution in [0.5, 0.6) is 5.75 Å². The summed E-state index contributed by atoms with van der Waals surface area (Å²) in [6.45, 7) is 11.4. The van der Waals surface area contributed by atoms with E-state index < -0.39 is 11.7 Å². The molecule has 0 aromatic heterocycles. The molecule has 38 heavy (non-hydrogen) atoms. The topological polar surface area (TPSA) is 89.4 Å². The van der Waals surface area contributed by atoms with Crippen molar-refractivity contribution in [3.8, 4) is 5.75 Å². The Balaban J connectivity index is 1.47. The van der Waals surface area contributed by atoms with Crippen LogP contribution in [-0.2, 0) is 14.4 Å². The van der Waals surface area contributed by atoms with E-state index in [0.29, 0.717) is 18.8 Å². The van der Waals surface area contributed by atoms with Gasteiger partial charge in [0.15, 0.2) is 0 Å². The van der Waals surface area contributed by atoms with Crippen molar-refractivity contribution in [2.45, 2.75) is 96.7 Å². The predicted octanol–water partition coefficient (Wildman–Crippen LogP) is 4.58. The number of aliphatic hydroxyl groups excluding tert-OH is 1. The molecular formula is C31H44N2O5. The van der Waals surface area contributed by atoms with Crippen molar-refractivity contribution in [3.05, 3.63) is 30.3 Å². The lowest BCUT2D eigenvalue weighted by molar-refractivity contribution is -0.324. The maximum absolute atomic E-state index is 12.9. The molecule has 2 aliphatic heterocycles. The van der Waals surface area contributed by atoms with Gasteiger partial charge in [0, 0.05) is 41.0 Å². The van der Waals surface area contributed by atoms with Gasteiger partial charge in [0.25, 0.3) is 0 Å². The fraction of sp³-hybridized carbons (Fsp3) is 0.742. The summed E-state index contributed by atoms with van der Waals surface area (Å²) in [7, 11) is 1.61. The summed E-state index contributed by atoms with van der Waals surface area (Å²) >= 11 is 0. The monoisotopic (exact) mass is 524 g/mol. The maximum atomic E-state index is 12.9. The van der Waals surface area contributed by atoms with E-state index in [9.17, 15) is 9.90 Å². The summed E-state index contributed by atoms with van der Waals surface area (Å²) in [6, 6.07) is 9.97. The number of para-hydroxylation sites is 1. The number of amides is 1. The van der Waals surface area contributed by atoms with E-state index in [2.05, 4.69) is 45.1 Å². The molecule has 0 bridgehead atoms. The number of benzene rings is 1. The number of ether oxygens (including phenoxy) is 2. The molecule has 208 valence electrons. The Morgan fingerprint density at radius 1 is 1.11 bits per heavy atom. The summed E-state index contributed by atoms with van der Waals surface area (Å²) in [5.74, 6) is 1.40. The Labute approximate surface area is 226 Å². The maximum Gasteiger partial charge on any atom is 0.223 e. The summed E-state index contributed by atoms with van der Waals surface area (Å²) < 4.78 is 14.3. The smallest absolute Gasteiger partial charge is 0.223 e. The minimum Gasteiger partial charge on any atom is -0.484 e. The Bertz CT molecular complexity index is 1110. The number of fused-ring (bicyclic) bond motifs is 3. The van der Waals surface area contributed by atoms with Crippen molar-refractivity contribution in [1.82, 2.24) is 5.32 Å². The lowest BCUT2D eigenvalue weighted by Crippen LogP contribution is -2.75. The highest BCUT2D eigenvalue weighted by atomic mass is 16.6. The molecule has 7 heteroatoms. The number of aliphatic hydroxyl groups is 1. The van der Waals surface area contributed by atoms with Crippen LogP contribution in [-0.4, -0.2) is 53.8 Å². The van der Waals surface area contributed by atoms with Crippen LogP contribution in [0.4, 0.5) is 0 Å². The first-order valence-corrected chi connectivity index (χ1v) is 14.5. The minimum atomic E-state index is -0.530. The zero-order chi connectivity index (χ0) is 27.0. The number of nitrogens with one attached hydrogen (secondary N) is 1. The normalized spacial score (nSPS) is 48.2. The van der Waals surface area contributed by atoms with Crippen LogP contribution in [0.3, 0.4) is 0 Å². The summed E-state index contributed by atoms with van der Waals surface area (Å²) in [5.41, 5.74) is -0.0358. The quantitative estimate of drug-likeness (QED) is 0.565. The highest BCUT2D eigenvalue weighted by molar-refractivity contribution is 5.95. The molecule has 1 aromatic carbocycles. The molecule has 2 heterocycles. The van der Waals surface area contributed by atoms with E-state index >= 15 is 0 Å². The van der Waals surface area contributed by atoms with Gasteiger partial charge >= 0.3 is 0 Å². The van der Waals surface area contributed by atoms with Crippen molar-refractivity contribution in [2.24, 2.45) is 45.6 Å². The van der Waals surface area contributed by atoms with E-state index in [1.54, 1.807) is 7.11 Å². The molecule has 11 unspecified atom stereocenters. The second-order valence-corrected chi connectivity index (χ2v) is 13.6. The van der Waals surface area contributed by atoms with Crippen molar-refractivity contribution in [3.63, 3.8) is 0 Å². The Morgan fingerprint density at radius 2 is 1.84 bits per heavy atom. The summed E-state index contributed by atoms with van der Waals surface area (Å²) in [6.07, 6.45) is 3.22. The predicted molar refractivity (Wildman–Crippen MR) is 145 cm³/mol. The van der Waals surface area contributed by atoms with E-state index in [4.69, 9.17) is 14.3 Å². The minimum absolute atomic E-state index is 0.0221. The lowest BCUT2D eigenvalue weighted by atomic mass is 9.42. The van der Waals surface area contributed by atoms with Gasteiger partial charge in [0.1, 0.15) is 24.7 Å². The molecule has 5 fully saturated rings. The fourth-order valence-corrected chi connectivity index (χ4v) is 9.56. The van der Waals surface area contributed by atoms with Crippen LogP contribution < -0.4 is 10.1 Å². The van der Waals surface area contributed by atoms with Gasteiger partial charge in [-0.05, 0) is 56.6 Å². The highest BCUT2D eigenvalue weighted by Gasteiger charge is 2.72. The van der Waals surface area contributed by atoms with Crippen molar-refractivity contribution in [2.75, 3.05) is 7.11 Å². The second kappa shape index (κ2) is 8.95. The molecule has 2 N–H and O–H groups in total. The number of carbonyl (C=O) groups excluding carboxylic acids is 1. The average Bonchev–Trinajstić information content (AvgIpc) is 3.15. The second-order valence-electron chi connectivity index (χ2n) is 13.6. The largest absolute Gasteiger partial charge is 0.484 e. The standard InChI is InChI=1S/C31H44N2O5/c1-17-12-13-24-29(3,4)27(33-36-6)23(37-19-10-8-7-9-11-19)16-31(24)30(17,5)15-21-22(34)14-20-25(26(21)38-31)18(2)32-28(20)35/h7-11,17-18,20-26,34H,12-16H2,1-6H3,(H,32,35). The van der Waals surface area contributed by atoms with Crippen molar-refractivity contribution in [1.29, 1.82) is 0 Å². The van der Waals surface area contributed by atoms with E-state index in [0.717, 1.165) is 30.7 Å². The van der Waals surface area contributed by atoms with E-state index in [1.807, 2.05) is 30.3 Å². The van der Waals surface area contributed by atoms with Gasteiger partial charge in [-0.3, -0.25) is 4.79 Å². The number of oxime groups is 1. The molecule has 3 saturated carbocycles. The highest BCUT2D eigenvalue weighted by Crippen LogP contribution is 2.68. The SMILES string of the molecule is CON=C1C(Oc2ccccc2)CC23OC4C(CC2(C)C(C)CCC3C1(C)C)C(O)CC1C(=O)NC(C)C14. The molecular weight excluding hydrogens is 480 g/mol. The molecule has 5 aliphatic rings. The molecule has 11 atom stereocenters. The molecule has 1 amide bonds. The third-order valence-corrected chi connectivity index (χ3v) is 11.6. The van der Waals surface area contributed by atoms with Gasteiger partial charge in [-0.25, -0.2) is 0 Å². The fourth-order valence-electron chi connectivity index (χ4n) is 9.56. The van der Waals surface area contributed by atoms with Crippen LogP contribution in [0.15, 0.2) is 35.5 Å². The van der Waals surface area contributed by atoms with Crippen molar-refractivity contribution >= 4 is 11.6 Å². The molecule has 1 spiro atoms. The Kier molecular flexibility index (Phi) is 6.15. The molecule has 0 radical (unpaired) electrons. The first-order valence-electron chi connectivity index (χ1n) is 14.5. The molecule has 1 aromatic rings. The van der Waals surface area contributed by atoms with Gasteiger partial charge < -0.3 is 24.7 Å². The van der Waals surface area contributed by atoms with Crippen LogP contribution in [0.2, 0.25) is 0 Å². The van der Waals surface area contributed by atoms with Crippen LogP contribution in [0.1, 0.15) is 66.7 Å². The molecule has 6 rings (SSSR count). The molecule has 2 saturated heterocycles. The third kappa shape index (κ3) is 3.53. The first kappa shape index (κ1) is 26.1. The number of rotatable bonds is 3. The van der Waals surface area contributed by atoms with Gasteiger partial charge in [0.05, 0.1) is 17.8 Å². The number of hydrogen-bond donors (Lipinski definition) is 2. The molecule has 3 aliphatic carbocycles. The van der Waals surface area contributed by atoms with E-state index in [1.165, 1.54) is 0 Å². The Morgan fingerprint density at radius 3 is 2.55 bits per heavy atom. The van der Waals surface area contributed by atoms with Gasteiger partial charge in [-0.2, -0.15) is 0 Å². The van der Waals surface area contributed by atoms with Crippen molar-refractivity contribution < 1.29 is 24.2 Å². The number of nitrogens with zero attached hydrogens (tertiary/aromatic N) is 1. The number of carbonyl (C=O) groups is 1. The summed E-state index contributed by atoms with van der Waals surface area (Å²) in [4.78, 5) is 18.3. The Hall–Kier alpha value is -2.12. The van der Waals surface area contributed by atoms with E-state index in [-0.39, 0.29) is 58.7 Å². The van der Waals surface area contributed by atoms with Crippen LogP contribution in [0, 0.1) is 40.4 Å². The third-order valence-electron chi connectivity index (χ3n) is 11.6. The molecule has 7 nitrogen and oxygen atoms in total. The zero-order valence-electron chi connectivity index (χ0n) is 23.6. The lowest BCUT2D eigenvalue weighted by Gasteiger charge is -2.70. The van der Waals surface area contributed by atoms with Gasteiger partial charge in [0.2, 0.25) is 5.91 Å². The van der Waals surface area contributed by atoms with Crippen LogP contribution in [0.25, 0.3) is 0 Å². The van der Waals surface area contributed by atoms with Gasteiger partial charge in [-0.1, -0.05) is 51.0 Å². The number of hydrogen-bond acceptors (Lipinski definition) is 6. The summed E-state index contributed by atoms with van der Waals surface area (Å²) in [5, 5.41) is 19.1.